The molecule has 1 aliphatic heterocycles. The van der Waals surface area contributed by atoms with Crippen molar-refractivity contribution < 1.29 is 14.4 Å². The number of H-pyrrole nitrogens is 1. The molecular formula is C22H33N5O5. The Morgan fingerprint density at radius 3 is 2.22 bits per heavy atom. The second kappa shape index (κ2) is 10.1. The summed E-state index contributed by atoms with van der Waals surface area (Å²) in [6.07, 6.45) is 5.28. The third kappa shape index (κ3) is 4.49. The summed E-state index contributed by atoms with van der Waals surface area (Å²) in [6, 6.07) is 0. The largest absolute Gasteiger partial charge is 0.383 e. The van der Waals surface area contributed by atoms with Crippen LogP contribution >= 0.6 is 0 Å². The molecule has 2 fully saturated rings. The number of fused-ring (bicyclic) bond motifs is 1. The minimum atomic E-state index is -0.721. The summed E-state index contributed by atoms with van der Waals surface area (Å²) in [7, 11) is 0. The van der Waals surface area contributed by atoms with Crippen molar-refractivity contribution in [1.29, 1.82) is 0 Å². The highest BCUT2D eigenvalue weighted by molar-refractivity contribution is 6.05. The first-order chi connectivity index (χ1) is 15.3. The molecule has 2 atom stereocenters. The fourth-order valence-corrected chi connectivity index (χ4v) is 4.76. The number of nitrogen functional groups attached to an aromatic ring is 1. The minimum Gasteiger partial charge on any atom is -0.383 e. The number of carbonyl (C=O) groups is 3. The van der Waals surface area contributed by atoms with E-state index >= 15 is 0 Å². The van der Waals surface area contributed by atoms with Crippen LogP contribution in [0.1, 0.15) is 65.2 Å². The Hall–Kier alpha value is -2.91. The van der Waals surface area contributed by atoms with E-state index in [0.717, 1.165) is 19.3 Å². The zero-order chi connectivity index (χ0) is 23.4. The molecule has 176 valence electrons. The summed E-state index contributed by atoms with van der Waals surface area (Å²) in [5, 5.41) is 0. The van der Waals surface area contributed by atoms with E-state index in [0.29, 0.717) is 32.2 Å². The van der Waals surface area contributed by atoms with Gasteiger partial charge in [0, 0.05) is 26.1 Å². The van der Waals surface area contributed by atoms with Gasteiger partial charge in [0.25, 0.3) is 5.56 Å². The monoisotopic (exact) mass is 447 g/mol. The first-order valence-corrected chi connectivity index (χ1v) is 11.6. The molecule has 0 radical (unpaired) electrons. The summed E-state index contributed by atoms with van der Waals surface area (Å²) < 4.78 is 1.27. The van der Waals surface area contributed by atoms with Crippen LogP contribution in [-0.2, 0) is 20.9 Å². The SMILES string of the molecule is CCCCn1c(N)c(N(CCC)C(=O)CCN2C(=O)[C@@H]3CCCC[C@H]3C2=O)c(=O)[nH]c1=O. The first-order valence-electron chi connectivity index (χ1n) is 11.6. The molecule has 3 amide bonds. The van der Waals surface area contributed by atoms with E-state index in [2.05, 4.69) is 4.98 Å². The third-order valence-electron chi connectivity index (χ3n) is 6.45. The molecular weight excluding hydrogens is 414 g/mol. The summed E-state index contributed by atoms with van der Waals surface area (Å²) >= 11 is 0. The average molecular weight is 448 g/mol. The molecule has 1 aromatic heterocycles. The lowest BCUT2D eigenvalue weighted by molar-refractivity contribution is -0.140. The number of anilines is 2. The minimum absolute atomic E-state index is 0.0169. The van der Waals surface area contributed by atoms with Gasteiger partial charge in [0.2, 0.25) is 17.7 Å². The number of unbranched alkanes of at least 4 members (excludes halogenated alkanes) is 1. The van der Waals surface area contributed by atoms with E-state index in [1.807, 2.05) is 13.8 Å². The van der Waals surface area contributed by atoms with Crippen molar-refractivity contribution in [1.82, 2.24) is 14.5 Å². The fraction of sp³-hybridized carbons (Fsp3) is 0.682. The Kier molecular flexibility index (Phi) is 7.52. The fourth-order valence-electron chi connectivity index (χ4n) is 4.76. The molecule has 10 nitrogen and oxygen atoms in total. The molecule has 1 aromatic rings. The van der Waals surface area contributed by atoms with Crippen LogP contribution in [0.3, 0.4) is 0 Å². The Bertz CT molecular complexity index is 973. The Morgan fingerprint density at radius 1 is 1.03 bits per heavy atom. The highest BCUT2D eigenvalue weighted by atomic mass is 16.2. The lowest BCUT2D eigenvalue weighted by Gasteiger charge is -2.25. The van der Waals surface area contributed by atoms with Gasteiger partial charge in [0.1, 0.15) is 5.82 Å². The van der Waals surface area contributed by atoms with Gasteiger partial charge >= 0.3 is 5.69 Å². The van der Waals surface area contributed by atoms with Crippen LogP contribution in [0.5, 0.6) is 0 Å². The van der Waals surface area contributed by atoms with Gasteiger partial charge in [0.05, 0.1) is 11.8 Å². The lowest BCUT2D eigenvalue weighted by atomic mass is 9.81. The van der Waals surface area contributed by atoms with E-state index in [9.17, 15) is 24.0 Å². The summed E-state index contributed by atoms with van der Waals surface area (Å²) in [5.41, 5.74) is 4.78. The molecule has 1 aliphatic carbocycles. The number of aromatic amines is 1. The predicted octanol–water partition coefficient (Wildman–Crippen LogP) is 1.23. The van der Waals surface area contributed by atoms with Gasteiger partial charge in [-0.1, -0.05) is 33.1 Å². The van der Waals surface area contributed by atoms with Crippen LogP contribution < -0.4 is 21.9 Å². The normalized spacial score (nSPS) is 20.5. The van der Waals surface area contributed by atoms with Crippen LogP contribution in [0, 0.1) is 11.8 Å². The highest BCUT2D eigenvalue weighted by Crippen LogP contribution is 2.38. The van der Waals surface area contributed by atoms with Crippen LogP contribution in [0.2, 0.25) is 0 Å². The standard InChI is InChI=1S/C22H33N5O5/c1-3-5-12-26-18(23)17(19(29)24-22(26)32)25(11-4-2)16(28)10-13-27-20(30)14-8-6-7-9-15(14)21(27)31/h14-15H,3-13,23H2,1-2H3,(H,24,29,32)/t14-,15-/m1/s1. The maximum absolute atomic E-state index is 13.1. The van der Waals surface area contributed by atoms with Gasteiger partial charge < -0.3 is 10.6 Å². The van der Waals surface area contributed by atoms with E-state index in [4.69, 9.17) is 5.73 Å². The maximum Gasteiger partial charge on any atom is 0.330 e. The van der Waals surface area contributed by atoms with Crippen LogP contribution in [-0.4, -0.2) is 45.3 Å². The third-order valence-corrected chi connectivity index (χ3v) is 6.45. The van der Waals surface area contributed by atoms with Crippen molar-refractivity contribution in [3.05, 3.63) is 20.8 Å². The number of nitrogens with two attached hydrogens (primary N) is 1. The molecule has 10 heteroatoms. The number of aromatic nitrogens is 2. The number of rotatable bonds is 9. The molecule has 32 heavy (non-hydrogen) atoms. The van der Waals surface area contributed by atoms with E-state index in [-0.39, 0.29) is 54.7 Å². The van der Waals surface area contributed by atoms with Crippen molar-refractivity contribution in [3.63, 3.8) is 0 Å². The molecule has 0 bridgehead atoms. The van der Waals surface area contributed by atoms with Crippen molar-refractivity contribution in [2.75, 3.05) is 23.7 Å². The quantitative estimate of drug-likeness (QED) is 0.546. The second-order valence-electron chi connectivity index (χ2n) is 8.62. The number of hydrogen-bond donors (Lipinski definition) is 2. The number of carbonyl (C=O) groups excluding carboxylic acids is 3. The number of amides is 3. The van der Waals surface area contributed by atoms with E-state index in [1.165, 1.54) is 14.4 Å². The predicted molar refractivity (Wildman–Crippen MR) is 120 cm³/mol. The van der Waals surface area contributed by atoms with Crippen molar-refractivity contribution in [2.24, 2.45) is 11.8 Å². The Morgan fingerprint density at radius 2 is 1.66 bits per heavy atom. The smallest absolute Gasteiger partial charge is 0.330 e. The number of hydrogen-bond acceptors (Lipinski definition) is 6. The van der Waals surface area contributed by atoms with Crippen LogP contribution in [0.4, 0.5) is 11.5 Å². The highest BCUT2D eigenvalue weighted by Gasteiger charge is 2.48. The molecule has 1 saturated heterocycles. The maximum atomic E-state index is 13.1. The zero-order valence-corrected chi connectivity index (χ0v) is 18.9. The summed E-state index contributed by atoms with van der Waals surface area (Å²) in [6.45, 7) is 4.37. The summed E-state index contributed by atoms with van der Waals surface area (Å²) in [4.78, 5) is 68.0. The van der Waals surface area contributed by atoms with Crippen molar-refractivity contribution in [2.45, 2.75) is 71.8 Å². The zero-order valence-electron chi connectivity index (χ0n) is 18.9. The van der Waals surface area contributed by atoms with Gasteiger partial charge in [-0.2, -0.15) is 0 Å². The molecule has 1 saturated carbocycles. The number of likely N-dealkylation sites (tertiary alicyclic amines) is 1. The van der Waals surface area contributed by atoms with Gasteiger partial charge in [-0.25, -0.2) is 4.79 Å². The molecule has 0 aromatic carbocycles. The Labute approximate surface area is 186 Å². The molecule has 2 aliphatic rings. The Balaban J connectivity index is 1.81. The number of imide groups is 1. The van der Waals surface area contributed by atoms with Crippen LogP contribution in [0.25, 0.3) is 0 Å². The first kappa shape index (κ1) is 23.7. The number of nitrogens with zero attached hydrogens (tertiary/aromatic N) is 3. The second-order valence-corrected chi connectivity index (χ2v) is 8.62. The van der Waals surface area contributed by atoms with Crippen LogP contribution in [0.15, 0.2) is 9.59 Å². The topological polar surface area (TPSA) is 139 Å². The average Bonchev–Trinajstić information content (AvgIpc) is 3.01. The van der Waals surface area contributed by atoms with Gasteiger partial charge in [-0.15, -0.1) is 0 Å². The molecule has 3 N–H and O–H groups in total. The van der Waals surface area contributed by atoms with Gasteiger partial charge in [-0.3, -0.25) is 33.6 Å². The lowest BCUT2D eigenvalue weighted by Crippen LogP contribution is -2.43. The van der Waals surface area contributed by atoms with E-state index < -0.39 is 17.2 Å². The number of nitrogens with one attached hydrogen (secondary N) is 1. The molecule has 0 unspecified atom stereocenters. The van der Waals surface area contributed by atoms with E-state index in [1.54, 1.807) is 0 Å². The van der Waals surface area contributed by atoms with Gasteiger partial charge in [0.15, 0.2) is 5.69 Å². The van der Waals surface area contributed by atoms with Crippen molar-refractivity contribution >= 4 is 29.2 Å². The van der Waals surface area contributed by atoms with Gasteiger partial charge in [-0.05, 0) is 25.7 Å². The molecule has 0 spiro atoms. The van der Waals surface area contributed by atoms with Crippen molar-refractivity contribution in [3.8, 4) is 0 Å². The summed E-state index contributed by atoms with van der Waals surface area (Å²) in [5.74, 6) is -1.38. The molecule has 2 heterocycles. The molecule has 3 rings (SSSR count).